The van der Waals surface area contributed by atoms with E-state index in [9.17, 15) is 18.0 Å². The molecule has 1 saturated carbocycles. The van der Waals surface area contributed by atoms with E-state index in [2.05, 4.69) is 5.32 Å². The second kappa shape index (κ2) is 14.8. The molecule has 4 rings (SSSR count). The van der Waals surface area contributed by atoms with Gasteiger partial charge >= 0.3 is 0 Å². The molecule has 1 atom stereocenters. The van der Waals surface area contributed by atoms with Crippen LogP contribution in [0.2, 0.25) is 0 Å². The lowest BCUT2D eigenvalue weighted by Gasteiger charge is -2.33. The topological polar surface area (TPSA) is 105 Å². The van der Waals surface area contributed by atoms with Gasteiger partial charge in [-0.3, -0.25) is 13.9 Å². The summed E-state index contributed by atoms with van der Waals surface area (Å²) in [5.74, 6) is -0.110. The van der Waals surface area contributed by atoms with E-state index in [1.54, 1.807) is 19.1 Å². The first-order valence-corrected chi connectivity index (χ1v) is 16.9. The van der Waals surface area contributed by atoms with E-state index >= 15 is 0 Å². The Balaban J connectivity index is 1.74. The van der Waals surface area contributed by atoms with Crippen molar-refractivity contribution in [1.82, 2.24) is 10.2 Å². The molecule has 242 valence electrons. The molecular formula is C35H45N3O6S. The van der Waals surface area contributed by atoms with Crippen LogP contribution in [0.3, 0.4) is 0 Å². The predicted molar refractivity (Wildman–Crippen MR) is 176 cm³/mol. The number of nitrogens with one attached hydrogen (secondary N) is 1. The van der Waals surface area contributed by atoms with E-state index in [4.69, 9.17) is 9.47 Å². The van der Waals surface area contributed by atoms with Gasteiger partial charge in [0.15, 0.2) is 11.5 Å². The summed E-state index contributed by atoms with van der Waals surface area (Å²) in [6, 6.07) is 16.7. The maximum Gasteiger partial charge on any atom is 0.264 e. The highest BCUT2D eigenvalue weighted by Gasteiger charge is 2.34. The molecule has 45 heavy (non-hydrogen) atoms. The number of benzene rings is 3. The van der Waals surface area contributed by atoms with Gasteiger partial charge in [-0.05, 0) is 81.5 Å². The molecule has 3 aromatic rings. The van der Waals surface area contributed by atoms with Crippen LogP contribution in [0.1, 0.15) is 61.3 Å². The van der Waals surface area contributed by atoms with Crippen LogP contribution >= 0.6 is 0 Å². The monoisotopic (exact) mass is 635 g/mol. The highest BCUT2D eigenvalue weighted by atomic mass is 32.2. The number of anilines is 1. The summed E-state index contributed by atoms with van der Waals surface area (Å²) in [6.45, 7) is 7.06. The van der Waals surface area contributed by atoms with Crippen LogP contribution < -0.4 is 19.1 Å². The third-order valence-electron chi connectivity index (χ3n) is 8.27. The van der Waals surface area contributed by atoms with Gasteiger partial charge in [-0.2, -0.15) is 0 Å². The molecule has 0 radical (unpaired) electrons. The molecule has 0 bridgehead atoms. The van der Waals surface area contributed by atoms with Gasteiger partial charge in [-0.15, -0.1) is 0 Å². The molecule has 0 unspecified atom stereocenters. The van der Waals surface area contributed by atoms with E-state index in [0.717, 1.165) is 58.7 Å². The van der Waals surface area contributed by atoms with Crippen molar-refractivity contribution in [3.8, 4) is 11.5 Å². The number of ether oxygens (including phenoxy) is 2. The summed E-state index contributed by atoms with van der Waals surface area (Å²) in [4.78, 5) is 29.3. The zero-order valence-corrected chi connectivity index (χ0v) is 27.9. The van der Waals surface area contributed by atoms with Crippen LogP contribution in [-0.4, -0.2) is 58.0 Å². The Bertz CT molecular complexity index is 1600. The first-order valence-electron chi connectivity index (χ1n) is 15.4. The van der Waals surface area contributed by atoms with Crippen molar-refractivity contribution < 1.29 is 27.5 Å². The number of amides is 2. The summed E-state index contributed by atoms with van der Waals surface area (Å²) < 4.78 is 40.5. The number of carbonyl (C=O) groups is 2. The Morgan fingerprint density at radius 1 is 0.867 bits per heavy atom. The second-order valence-corrected chi connectivity index (χ2v) is 13.8. The molecule has 0 spiro atoms. The molecule has 0 aromatic heterocycles. The van der Waals surface area contributed by atoms with Crippen molar-refractivity contribution >= 4 is 27.5 Å². The molecule has 1 aliphatic rings. The van der Waals surface area contributed by atoms with Gasteiger partial charge in [0.2, 0.25) is 11.8 Å². The number of rotatable bonds is 12. The quantitative estimate of drug-likeness (QED) is 0.274. The van der Waals surface area contributed by atoms with Crippen molar-refractivity contribution in [3.63, 3.8) is 0 Å². The fourth-order valence-corrected chi connectivity index (χ4v) is 7.30. The lowest BCUT2D eigenvalue weighted by molar-refractivity contribution is -0.139. The number of carbonyl (C=O) groups excluding carboxylic acids is 2. The zero-order valence-electron chi connectivity index (χ0n) is 27.1. The van der Waals surface area contributed by atoms with E-state index in [-0.39, 0.29) is 29.1 Å². The Morgan fingerprint density at radius 2 is 1.53 bits per heavy atom. The maximum atomic E-state index is 14.3. The zero-order chi connectivity index (χ0) is 32.7. The van der Waals surface area contributed by atoms with E-state index in [0.29, 0.717) is 11.4 Å². The molecule has 9 nitrogen and oxygen atoms in total. The highest BCUT2D eigenvalue weighted by Crippen LogP contribution is 2.33. The fourth-order valence-electron chi connectivity index (χ4n) is 5.89. The minimum atomic E-state index is -4.27. The number of hydrogen-bond donors (Lipinski definition) is 1. The molecule has 2 amide bonds. The van der Waals surface area contributed by atoms with Crippen LogP contribution in [0, 0.1) is 20.8 Å². The average molecular weight is 636 g/mol. The normalized spacial score (nSPS) is 14.4. The van der Waals surface area contributed by atoms with Crippen LogP contribution in [0.4, 0.5) is 5.69 Å². The first-order chi connectivity index (χ1) is 21.4. The third kappa shape index (κ3) is 8.36. The molecule has 1 N–H and O–H groups in total. The van der Waals surface area contributed by atoms with Crippen molar-refractivity contribution in [2.75, 3.05) is 25.1 Å². The Hall–Kier alpha value is -4.05. The lowest BCUT2D eigenvalue weighted by atomic mass is 9.95. The standard InChI is InChI=1S/C35H45N3O6S/c1-24-11-10-12-28(18-24)22-37(27(4)35(40)36-29-13-8-7-9-14-29)34(39)23-38(30-19-25(2)17-26(3)20-30)45(41,42)31-15-16-32(43-5)33(21-31)44-6/h10-12,15-21,27,29H,7-9,13-14,22-23H2,1-6H3,(H,36,40)/t27-/m0/s1. The van der Waals surface area contributed by atoms with Gasteiger partial charge in [-0.25, -0.2) is 8.42 Å². The van der Waals surface area contributed by atoms with Gasteiger partial charge < -0.3 is 19.7 Å². The van der Waals surface area contributed by atoms with Crippen molar-refractivity contribution in [2.24, 2.45) is 0 Å². The number of aryl methyl sites for hydroxylation is 3. The fraction of sp³-hybridized carbons (Fsp3) is 0.429. The van der Waals surface area contributed by atoms with Crippen LogP contribution in [-0.2, 0) is 26.2 Å². The molecule has 3 aromatic carbocycles. The summed E-state index contributed by atoms with van der Waals surface area (Å²) in [7, 11) is -1.37. The Morgan fingerprint density at radius 3 is 2.16 bits per heavy atom. The van der Waals surface area contributed by atoms with Crippen LogP contribution in [0.15, 0.2) is 65.6 Å². The summed E-state index contributed by atoms with van der Waals surface area (Å²) >= 11 is 0. The molecule has 0 heterocycles. The highest BCUT2D eigenvalue weighted by molar-refractivity contribution is 7.92. The van der Waals surface area contributed by atoms with E-state index < -0.39 is 28.5 Å². The molecule has 1 fully saturated rings. The van der Waals surface area contributed by atoms with Gasteiger partial charge in [0.1, 0.15) is 12.6 Å². The van der Waals surface area contributed by atoms with E-state index in [1.807, 2.05) is 51.1 Å². The lowest BCUT2D eigenvalue weighted by Crippen LogP contribution is -2.53. The van der Waals surface area contributed by atoms with Gasteiger partial charge in [0, 0.05) is 18.7 Å². The number of sulfonamides is 1. The molecular weight excluding hydrogens is 590 g/mol. The number of hydrogen-bond acceptors (Lipinski definition) is 6. The molecule has 1 aliphatic carbocycles. The third-order valence-corrected chi connectivity index (χ3v) is 10.0. The van der Waals surface area contributed by atoms with Crippen molar-refractivity contribution in [2.45, 2.75) is 83.3 Å². The number of nitrogens with zero attached hydrogens (tertiary/aromatic N) is 2. The number of methoxy groups -OCH3 is 2. The van der Waals surface area contributed by atoms with Crippen molar-refractivity contribution in [3.05, 3.63) is 82.9 Å². The summed E-state index contributed by atoms with van der Waals surface area (Å²) in [6.07, 6.45) is 5.10. The SMILES string of the molecule is COc1ccc(S(=O)(=O)N(CC(=O)N(Cc2cccc(C)c2)[C@@H](C)C(=O)NC2CCCCC2)c2cc(C)cc(C)c2)cc1OC. The van der Waals surface area contributed by atoms with Crippen LogP contribution in [0.5, 0.6) is 11.5 Å². The van der Waals surface area contributed by atoms with E-state index in [1.165, 1.54) is 37.3 Å². The average Bonchev–Trinajstić information content (AvgIpc) is 3.01. The van der Waals surface area contributed by atoms with Crippen molar-refractivity contribution in [1.29, 1.82) is 0 Å². The van der Waals surface area contributed by atoms with Gasteiger partial charge in [-0.1, -0.05) is 55.2 Å². The molecule has 0 saturated heterocycles. The Kier molecular flexibility index (Phi) is 11.1. The smallest absolute Gasteiger partial charge is 0.264 e. The summed E-state index contributed by atoms with van der Waals surface area (Å²) in [5, 5.41) is 3.14. The van der Waals surface area contributed by atoms with Crippen LogP contribution in [0.25, 0.3) is 0 Å². The Labute approximate surface area is 267 Å². The predicted octanol–water partition coefficient (Wildman–Crippen LogP) is 5.69. The second-order valence-electron chi connectivity index (χ2n) is 11.9. The first kappa shape index (κ1) is 33.8. The summed E-state index contributed by atoms with van der Waals surface area (Å²) in [5.41, 5.74) is 3.92. The minimum absolute atomic E-state index is 0.0552. The molecule has 0 aliphatic heterocycles. The molecule has 10 heteroatoms. The maximum absolute atomic E-state index is 14.3. The minimum Gasteiger partial charge on any atom is -0.493 e. The van der Waals surface area contributed by atoms with Gasteiger partial charge in [0.05, 0.1) is 24.8 Å². The van der Waals surface area contributed by atoms with Gasteiger partial charge in [0.25, 0.3) is 10.0 Å². The largest absolute Gasteiger partial charge is 0.493 e.